The number of nitrogens with zero attached hydrogens (tertiary/aromatic N) is 5. The summed E-state index contributed by atoms with van der Waals surface area (Å²) in [5.41, 5.74) is 1.02. The summed E-state index contributed by atoms with van der Waals surface area (Å²) in [5.74, 6) is -0.529. The number of carbonyl (C=O) groups is 2. The van der Waals surface area contributed by atoms with Crippen molar-refractivity contribution in [3.05, 3.63) is 69.1 Å². The fourth-order valence-electron chi connectivity index (χ4n) is 3.87. The van der Waals surface area contributed by atoms with Crippen LogP contribution in [0.1, 0.15) is 21.5 Å². The molecule has 0 unspecified atom stereocenters. The smallest absolute Gasteiger partial charge is 0.341 e. The summed E-state index contributed by atoms with van der Waals surface area (Å²) in [6.07, 6.45) is 4.56. The van der Waals surface area contributed by atoms with E-state index in [1.54, 1.807) is 36.8 Å². The molecule has 1 saturated heterocycles. The van der Waals surface area contributed by atoms with Crippen LogP contribution in [0.15, 0.2) is 47.0 Å². The van der Waals surface area contributed by atoms with Crippen molar-refractivity contribution in [2.24, 2.45) is 5.92 Å². The number of hydrogen-bond acceptors (Lipinski definition) is 8. The summed E-state index contributed by atoms with van der Waals surface area (Å²) in [6, 6.07) is 5.40. The number of rotatable bonds is 5. The highest BCUT2D eigenvalue weighted by atomic mass is 32.1. The van der Waals surface area contributed by atoms with Gasteiger partial charge < -0.3 is 15.3 Å². The number of aromatic carboxylic acids is 1. The molecule has 4 aromatic heterocycles. The van der Waals surface area contributed by atoms with Crippen LogP contribution in [0.4, 0.5) is 11.6 Å². The van der Waals surface area contributed by atoms with E-state index in [1.165, 1.54) is 22.1 Å². The van der Waals surface area contributed by atoms with E-state index in [4.69, 9.17) is 0 Å². The first-order valence-corrected chi connectivity index (χ1v) is 11.4. The number of hydrogen-bond donors (Lipinski definition) is 2. The highest BCUT2D eigenvalue weighted by Gasteiger charge is 2.34. The Hall–Kier alpha value is -4.12. The van der Waals surface area contributed by atoms with E-state index in [9.17, 15) is 19.5 Å². The molecular weight excluding hydrogens is 456 g/mol. The van der Waals surface area contributed by atoms with Crippen LogP contribution in [0.25, 0.3) is 16.2 Å². The van der Waals surface area contributed by atoms with Gasteiger partial charge in [0.05, 0.1) is 11.3 Å². The van der Waals surface area contributed by atoms with Gasteiger partial charge in [-0.15, -0.1) is 11.3 Å². The molecule has 34 heavy (non-hydrogen) atoms. The Morgan fingerprint density at radius 2 is 2.00 bits per heavy atom. The van der Waals surface area contributed by atoms with Crippen molar-refractivity contribution < 1.29 is 14.7 Å². The minimum atomic E-state index is -1.31. The van der Waals surface area contributed by atoms with E-state index >= 15 is 0 Å². The molecule has 0 aromatic carbocycles. The topological polar surface area (TPSA) is 130 Å². The molecule has 172 valence electrons. The van der Waals surface area contributed by atoms with Crippen LogP contribution < -0.4 is 15.6 Å². The lowest BCUT2D eigenvalue weighted by molar-refractivity contribution is -0.120. The number of fused-ring (bicyclic) bond motifs is 1. The molecule has 5 rings (SSSR count). The Labute approximate surface area is 197 Å². The van der Waals surface area contributed by atoms with E-state index < -0.39 is 11.4 Å². The van der Waals surface area contributed by atoms with Crippen LogP contribution >= 0.6 is 11.3 Å². The number of amides is 1. The molecule has 5 heterocycles. The second kappa shape index (κ2) is 8.34. The zero-order valence-electron chi connectivity index (χ0n) is 18.3. The van der Waals surface area contributed by atoms with Crippen LogP contribution in [0.5, 0.6) is 0 Å². The van der Waals surface area contributed by atoms with Gasteiger partial charge in [0, 0.05) is 37.1 Å². The number of pyridine rings is 3. The number of thiazole rings is 1. The van der Waals surface area contributed by atoms with Crippen molar-refractivity contribution in [1.82, 2.24) is 19.5 Å². The molecule has 0 aliphatic carbocycles. The third kappa shape index (κ3) is 3.79. The van der Waals surface area contributed by atoms with E-state index in [2.05, 4.69) is 20.3 Å². The Morgan fingerprint density at radius 1 is 1.21 bits per heavy atom. The first kappa shape index (κ1) is 21.7. The average molecular weight is 477 g/mol. The highest BCUT2D eigenvalue weighted by Crippen LogP contribution is 2.29. The van der Waals surface area contributed by atoms with Crippen molar-refractivity contribution in [3.63, 3.8) is 0 Å². The Balaban J connectivity index is 1.45. The molecule has 1 fully saturated rings. The van der Waals surface area contributed by atoms with Crippen LogP contribution in [0.2, 0.25) is 0 Å². The fourth-order valence-corrected chi connectivity index (χ4v) is 4.49. The maximum Gasteiger partial charge on any atom is 0.341 e. The predicted octanol–water partition coefficient (Wildman–Crippen LogP) is 2.63. The molecule has 10 nitrogen and oxygen atoms in total. The van der Waals surface area contributed by atoms with E-state index in [-0.39, 0.29) is 22.8 Å². The van der Waals surface area contributed by atoms with Gasteiger partial charge in [0.2, 0.25) is 11.3 Å². The molecule has 0 saturated carbocycles. The van der Waals surface area contributed by atoms with Crippen molar-refractivity contribution in [1.29, 1.82) is 0 Å². The van der Waals surface area contributed by atoms with Gasteiger partial charge >= 0.3 is 5.97 Å². The van der Waals surface area contributed by atoms with Gasteiger partial charge in [-0.25, -0.2) is 19.7 Å². The normalized spacial score (nSPS) is 13.6. The summed E-state index contributed by atoms with van der Waals surface area (Å²) in [6.45, 7) is 4.60. The number of carbonyl (C=O) groups excluding carboxylic acids is 1. The van der Waals surface area contributed by atoms with Gasteiger partial charge in [0.15, 0.2) is 10.8 Å². The first-order valence-electron chi connectivity index (χ1n) is 10.5. The summed E-state index contributed by atoms with van der Waals surface area (Å²) < 4.78 is 1.54. The Kier molecular flexibility index (Phi) is 5.33. The van der Waals surface area contributed by atoms with Crippen LogP contribution in [0.3, 0.4) is 0 Å². The number of nitrogens with one attached hydrogen (secondary N) is 1. The van der Waals surface area contributed by atoms with Gasteiger partial charge in [-0.3, -0.25) is 14.2 Å². The number of aryl methyl sites for hydroxylation is 2. The quantitative estimate of drug-likeness (QED) is 0.450. The molecule has 1 aliphatic heterocycles. The molecule has 0 spiro atoms. The van der Waals surface area contributed by atoms with Crippen LogP contribution in [-0.4, -0.2) is 49.6 Å². The largest absolute Gasteiger partial charge is 0.477 e. The predicted molar refractivity (Wildman–Crippen MR) is 128 cm³/mol. The molecule has 0 bridgehead atoms. The van der Waals surface area contributed by atoms with Crippen molar-refractivity contribution >= 4 is 45.9 Å². The maximum atomic E-state index is 12.9. The van der Waals surface area contributed by atoms with E-state index in [0.29, 0.717) is 41.1 Å². The van der Waals surface area contributed by atoms with Gasteiger partial charge in [-0.1, -0.05) is 6.07 Å². The van der Waals surface area contributed by atoms with Crippen molar-refractivity contribution in [3.8, 4) is 5.13 Å². The number of aromatic nitrogens is 4. The Bertz CT molecular complexity index is 1470. The maximum absolute atomic E-state index is 12.9. The molecule has 2 N–H and O–H groups in total. The first-order chi connectivity index (χ1) is 16.3. The molecule has 0 radical (unpaired) electrons. The standard InChI is InChI=1S/C23H20N6O4S/c1-12-3-4-16(25-8-12)26-21(31)14-9-28(10-14)17-7-13(2)18-19(30)15(22(32)33)11-29(20(18)27-17)23-24-5-6-34-23/h3-8,11,14H,9-10H2,1-2H3,(H,32,33)(H,25,26,31). The fraction of sp³-hybridized carbons (Fsp3) is 0.217. The van der Waals surface area contributed by atoms with Crippen LogP contribution in [-0.2, 0) is 4.79 Å². The lowest BCUT2D eigenvalue weighted by atomic mass is 9.98. The van der Waals surface area contributed by atoms with Gasteiger partial charge in [0.1, 0.15) is 17.2 Å². The third-order valence-corrected chi connectivity index (χ3v) is 6.51. The lowest BCUT2D eigenvalue weighted by Gasteiger charge is -2.39. The second-order valence-electron chi connectivity index (χ2n) is 8.17. The second-order valence-corrected chi connectivity index (χ2v) is 9.04. The number of carboxylic acid groups (broad SMARTS) is 1. The van der Waals surface area contributed by atoms with Gasteiger partial charge in [0.25, 0.3) is 0 Å². The van der Waals surface area contributed by atoms with E-state index in [1.807, 2.05) is 17.9 Å². The Morgan fingerprint density at radius 3 is 2.65 bits per heavy atom. The molecular formula is C23H20N6O4S. The summed E-state index contributed by atoms with van der Waals surface area (Å²) in [4.78, 5) is 52.2. The zero-order chi connectivity index (χ0) is 24.0. The number of anilines is 2. The summed E-state index contributed by atoms with van der Waals surface area (Å²) in [7, 11) is 0. The van der Waals surface area contributed by atoms with Gasteiger partial charge in [-0.2, -0.15) is 0 Å². The van der Waals surface area contributed by atoms with Crippen molar-refractivity contribution in [2.75, 3.05) is 23.3 Å². The minimum Gasteiger partial charge on any atom is -0.477 e. The summed E-state index contributed by atoms with van der Waals surface area (Å²) >= 11 is 1.31. The summed E-state index contributed by atoms with van der Waals surface area (Å²) in [5, 5.41) is 14.9. The monoisotopic (exact) mass is 476 g/mol. The zero-order valence-corrected chi connectivity index (χ0v) is 19.2. The molecule has 1 amide bonds. The SMILES string of the molecule is Cc1ccc(NC(=O)C2CN(c3cc(C)c4c(=O)c(C(=O)O)cn(-c5nccs5)c4n3)C2)nc1. The van der Waals surface area contributed by atoms with Gasteiger partial charge in [-0.05, 0) is 37.1 Å². The minimum absolute atomic E-state index is 0.115. The lowest BCUT2D eigenvalue weighted by Crippen LogP contribution is -2.52. The third-order valence-electron chi connectivity index (χ3n) is 5.74. The molecule has 4 aromatic rings. The molecule has 1 aliphatic rings. The van der Waals surface area contributed by atoms with Crippen LogP contribution in [0, 0.1) is 19.8 Å². The molecule has 11 heteroatoms. The average Bonchev–Trinajstić information content (AvgIpc) is 3.29. The highest BCUT2D eigenvalue weighted by molar-refractivity contribution is 7.12. The van der Waals surface area contributed by atoms with Crippen molar-refractivity contribution in [2.45, 2.75) is 13.8 Å². The molecule has 0 atom stereocenters. The number of carboxylic acids is 1. The van der Waals surface area contributed by atoms with E-state index in [0.717, 1.165) is 5.56 Å².